The third kappa shape index (κ3) is 7.73. The summed E-state index contributed by atoms with van der Waals surface area (Å²) in [6, 6.07) is 104. The molecule has 0 unspecified atom stereocenters. The van der Waals surface area contributed by atoms with Crippen LogP contribution in [0.2, 0.25) is 0 Å². The van der Waals surface area contributed by atoms with E-state index in [9.17, 15) is 0 Å². The molecule has 0 saturated carbocycles. The molecule has 0 amide bonds. The molecule has 0 aliphatic carbocycles. The van der Waals surface area contributed by atoms with E-state index in [0.29, 0.717) is 5.95 Å². The minimum absolute atomic E-state index is 0.553. The van der Waals surface area contributed by atoms with Gasteiger partial charge in [0.05, 0.1) is 44.5 Å². The van der Waals surface area contributed by atoms with Gasteiger partial charge in [0, 0.05) is 55.3 Å². The molecule has 14 aromatic carbocycles. The lowest BCUT2D eigenvalue weighted by atomic mass is 9.91. The molecule has 17 aromatic rings. The first-order valence-electron chi connectivity index (χ1n) is 28.5. The molecule has 0 radical (unpaired) electrons. The van der Waals surface area contributed by atoms with Gasteiger partial charge in [0.2, 0.25) is 5.95 Å². The van der Waals surface area contributed by atoms with Gasteiger partial charge in [0.25, 0.3) is 0 Å². The molecule has 6 nitrogen and oxygen atoms in total. The average molecular weight is 1070 g/mol. The van der Waals surface area contributed by atoms with Crippen molar-refractivity contribution in [1.82, 2.24) is 24.5 Å². The summed E-state index contributed by atoms with van der Waals surface area (Å²) in [5.41, 5.74) is 16.3. The van der Waals surface area contributed by atoms with Crippen molar-refractivity contribution in [2.24, 2.45) is 0 Å². The molecular weight excluding hydrogens is 1020 g/mol. The number of hydrogen-bond acceptors (Lipinski definition) is 5. The summed E-state index contributed by atoms with van der Waals surface area (Å²) < 4.78 is 2.26. The van der Waals surface area contributed by atoms with E-state index in [1.807, 2.05) is 0 Å². The van der Waals surface area contributed by atoms with E-state index in [0.717, 1.165) is 154 Å². The second kappa shape index (κ2) is 19.2. The summed E-state index contributed by atoms with van der Waals surface area (Å²) in [6.45, 7) is 0. The maximum Gasteiger partial charge on any atom is 0.235 e. The van der Waals surface area contributed by atoms with Crippen molar-refractivity contribution in [1.29, 1.82) is 0 Å². The normalized spacial score (nSPS) is 11.8. The summed E-state index contributed by atoms with van der Waals surface area (Å²) in [5.74, 6) is 0.553. The monoisotopic (exact) mass is 1070 g/mol. The SMILES string of the molecule is c1ccc(-c2ccc3c(c2)c2c4nc5c6ccc(N(c7ccccc7)c7ccccc7)cc6c6ccccc6c5nc4ccc2n3-c2nc(-c3ccc4ccccc4c3)c(-c3ccc4ccccc4c3)c(-c3ccc4ccccc4c3)n2)cc1. The first-order chi connectivity index (χ1) is 41.6. The molecule has 0 N–H and O–H groups in total. The minimum Gasteiger partial charge on any atom is -0.310 e. The van der Waals surface area contributed by atoms with Crippen LogP contribution < -0.4 is 4.90 Å². The smallest absolute Gasteiger partial charge is 0.235 e. The quantitative estimate of drug-likeness (QED) is 0.112. The van der Waals surface area contributed by atoms with Gasteiger partial charge in [-0.3, -0.25) is 4.57 Å². The van der Waals surface area contributed by atoms with Crippen molar-refractivity contribution < 1.29 is 0 Å². The van der Waals surface area contributed by atoms with Crippen molar-refractivity contribution in [3.8, 4) is 50.7 Å². The molecule has 0 aliphatic rings. The minimum atomic E-state index is 0.553. The van der Waals surface area contributed by atoms with E-state index < -0.39 is 0 Å². The van der Waals surface area contributed by atoms with Crippen molar-refractivity contribution in [2.45, 2.75) is 0 Å². The zero-order valence-electron chi connectivity index (χ0n) is 45.4. The molecule has 0 atom stereocenters. The highest BCUT2D eigenvalue weighted by atomic mass is 15.2. The molecule has 0 saturated heterocycles. The lowest BCUT2D eigenvalue weighted by molar-refractivity contribution is 0.997. The fourth-order valence-corrected chi connectivity index (χ4v) is 12.9. The number of rotatable bonds is 8. The molecule has 6 heteroatoms. The molecule has 0 spiro atoms. The van der Waals surface area contributed by atoms with Crippen LogP contribution in [0.3, 0.4) is 0 Å². The molecular formula is C78H48N6. The summed E-state index contributed by atoms with van der Waals surface area (Å²) in [7, 11) is 0. The Kier molecular flexibility index (Phi) is 10.8. The molecule has 3 aromatic heterocycles. The van der Waals surface area contributed by atoms with Crippen molar-refractivity contribution in [3.63, 3.8) is 0 Å². The fourth-order valence-electron chi connectivity index (χ4n) is 12.9. The standard InChI is InChI=1S/C78H48N6/c1-4-18-49(19-5-1)56-38-42-69-67(47-56)72-70(43-41-68-77(72)80-76-65-40-39-62(48-66(65)63-30-16-17-31-64(63)75(76)79-68)83(60-26-6-2-7-27-60)61-28-8-3-9-29-61)84(69)78-81-73(58-36-33-51-21-11-14-24-54(51)45-58)71(57-35-32-50-20-10-13-23-53(50)44-57)74(82-78)59-37-34-52-22-12-15-25-55(52)46-59/h1-48H. The second-order valence-corrected chi connectivity index (χ2v) is 21.7. The Labute approximate surface area is 483 Å². The third-order valence-electron chi connectivity index (χ3n) is 16.9. The maximum absolute atomic E-state index is 5.87. The van der Waals surface area contributed by atoms with Gasteiger partial charge in [0.1, 0.15) is 0 Å². The zero-order chi connectivity index (χ0) is 55.2. The summed E-state index contributed by atoms with van der Waals surface area (Å²) in [6.07, 6.45) is 0. The van der Waals surface area contributed by atoms with E-state index in [4.69, 9.17) is 19.9 Å². The van der Waals surface area contributed by atoms with Crippen LogP contribution in [0.5, 0.6) is 0 Å². The number of hydrogen-bond donors (Lipinski definition) is 0. The highest BCUT2D eigenvalue weighted by Crippen LogP contribution is 2.46. The van der Waals surface area contributed by atoms with E-state index in [1.165, 1.54) is 5.39 Å². The Morgan fingerprint density at radius 1 is 0.262 bits per heavy atom. The molecule has 17 rings (SSSR count). The molecule has 0 aliphatic heterocycles. The van der Waals surface area contributed by atoms with Gasteiger partial charge >= 0.3 is 0 Å². The van der Waals surface area contributed by atoms with Gasteiger partial charge in [0.15, 0.2) is 0 Å². The summed E-state index contributed by atoms with van der Waals surface area (Å²) in [5, 5.41) is 13.2. The molecule has 0 fully saturated rings. The Hall–Kier alpha value is -11.3. The van der Waals surface area contributed by atoms with Crippen LogP contribution in [0.4, 0.5) is 17.1 Å². The van der Waals surface area contributed by atoms with E-state index in [-0.39, 0.29) is 0 Å². The average Bonchev–Trinajstić information content (AvgIpc) is 2.47. The van der Waals surface area contributed by atoms with Gasteiger partial charge in [-0.05, 0) is 139 Å². The van der Waals surface area contributed by atoms with Crippen molar-refractivity contribution in [2.75, 3.05) is 4.90 Å². The molecule has 390 valence electrons. The molecule has 3 heterocycles. The van der Waals surface area contributed by atoms with Crippen LogP contribution in [0.1, 0.15) is 0 Å². The van der Waals surface area contributed by atoms with Crippen LogP contribution in [0, 0.1) is 0 Å². The maximum atomic E-state index is 5.87. The van der Waals surface area contributed by atoms with Crippen molar-refractivity contribution >= 4 is 115 Å². The topological polar surface area (TPSA) is 59.7 Å². The van der Waals surface area contributed by atoms with Gasteiger partial charge < -0.3 is 4.90 Å². The van der Waals surface area contributed by atoms with E-state index >= 15 is 0 Å². The highest BCUT2D eigenvalue weighted by molar-refractivity contribution is 6.27. The number of nitrogens with zero attached hydrogens (tertiary/aromatic N) is 6. The first kappa shape index (κ1) is 47.5. The molecule has 0 bridgehead atoms. The largest absolute Gasteiger partial charge is 0.310 e. The second-order valence-electron chi connectivity index (χ2n) is 21.7. The lowest BCUT2D eigenvalue weighted by Gasteiger charge is -2.26. The number of benzene rings is 14. The number of aromatic nitrogens is 5. The summed E-state index contributed by atoms with van der Waals surface area (Å²) >= 11 is 0. The summed E-state index contributed by atoms with van der Waals surface area (Å²) in [4.78, 5) is 25.6. The molecule has 84 heavy (non-hydrogen) atoms. The Morgan fingerprint density at radius 2 is 0.750 bits per heavy atom. The third-order valence-corrected chi connectivity index (χ3v) is 16.9. The van der Waals surface area contributed by atoms with Crippen LogP contribution in [0.25, 0.3) is 148 Å². The van der Waals surface area contributed by atoms with E-state index in [2.05, 4.69) is 301 Å². The number of fused-ring (bicyclic) bond motifs is 14. The fraction of sp³-hybridized carbons (Fsp3) is 0. The predicted octanol–water partition coefficient (Wildman–Crippen LogP) is 20.6. The number of para-hydroxylation sites is 2. The Bertz CT molecular complexity index is 5360. The van der Waals surface area contributed by atoms with Gasteiger partial charge in [-0.1, -0.05) is 212 Å². The van der Waals surface area contributed by atoms with Crippen LogP contribution in [-0.4, -0.2) is 24.5 Å². The zero-order valence-corrected chi connectivity index (χ0v) is 45.4. The first-order valence-corrected chi connectivity index (χ1v) is 28.5. The lowest BCUT2D eigenvalue weighted by Crippen LogP contribution is -2.09. The van der Waals surface area contributed by atoms with Gasteiger partial charge in [-0.2, -0.15) is 0 Å². The van der Waals surface area contributed by atoms with Gasteiger partial charge in [-0.25, -0.2) is 19.9 Å². The number of anilines is 3. The Balaban J connectivity index is 0.974. The highest BCUT2D eigenvalue weighted by Gasteiger charge is 2.26. The van der Waals surface area contributed by atoms with Crippen LogP contribution in [-0.2, 0) is 0 Å². The van der Waals surface area contributed by atoms with Crippen molar-refractivity contribution in [3.05, 3.63) is 291 Å². The van der Waals surface area contributed by atoms with Gasteiger partial charge in [-0.15, -0.1) is 0 Å². The van der Waals surface area contributed by atoms with Crippen LogP contribution >= 0.6 is 0 Å². The Morgan fingerprint density at radius 3 is 1.37 bits per heavy atom. The van der Waals surface area contributed by atoms with E-state index in [1.54, 1.807) is 0 Å². The van der Waals surface area contributed by atoms with Crippen LogP contribution in [0.15, 0.2) is 291 Å². The predicted molar refractivity (Wildman–Crippen MR) is 351 cm³/mol.